The molecule has 0 aliphatic carbocycles. The van der Waals surface area contributed by atoms with E-state index >= 15 is 0 Å². The van der Waals surface area contributed by atoms with Crippen LogP contribution in [-0.2, 0) is 42.9 Å². The van der Waals surface area contributed by atoms with Crippen molar-refractivity contribution in [2.45, 2.75) is 302 Å². The van der Waals surface area contributed by atoms with Crippen molar-refractivity contribution in [3.8, 4) is 0 Å². The van der Waals surface area contributed by atoms with Gasteiger partial charge in [-0.1, -0.05) is 240 Å². The van der Waals surface area contributed by atoms with Crippen LogP contribution in [0.3, 0.4) is 0 Å². The predicted octanol–water partition coefficient (Wildman–Crippen LogP) is 17.2. The summed E-state index contributed by atoms with van der Waals surface area (Å²) < 4.78 is 28.5. The van der Waals surface area contributed by atoms with Gasteiger partial charge in [0.25, 0.3) is 0 Å². The lowest BCUT2D eigenvalue weighted by atomic mass is 9.98. The summed E-state index contributed by atoms with van der Waals surface area (Å²) in [7, 11) is 0. The van der Waals surface area contributed by atoms with Gasteiger partial charge in [-0.2, -0.15) is 0 Å². The molecule has 0 amide bonds. The number of carbonyl (C=O) groups is 4. The number of aliphatic hydroxyl groups excluding tert-OH is 2. The second-order valence-electron chi connectivity index (χ2n) is 21.7. The van der Waals surface area contributed by atoms with E-state index in [2.05, 4.69) is 118 Å². The van der Waals surface area contributed by atoms with E-state index in [0.717, 1.165) is 122 Å². The van der Waals surface area contributed by atoms with Crippen LogP contribution in [0.15, 0.2) is 97.2 Å². The van der Waals surface area contributed by atoms with E-state index in [0.29, 0.717) is 19.3 Å². The van der Waals surface area contributed by atoms with Crippen LogP contribution in [-0.4, -0.2) is 89.2 Å². The normalized spacial score (nSPS) is 18.4. The molecule has 1 aliphatic heterocycles. The van der Waals surface area contributed by atoms with Crippen molar-refractivity contribution >= 4 is 23.9 Å². The highest BCUT2D eigenvalue weighted by Gasteiger charge is 2.50. The summed E-state index contributed by atoms with van der Waals surface area (Å²) in [6.07, 6.45) is 62.2. The highest BCUT2D eigenvalue weighted by Crippen LogP contribution is 2.26. The van der Waals surface area contributed by atoms with Crippen LogP contribution in [0.2, 0.25) is 0 Å². The Balaban J connectivity index is 2.68. The van der Waals surface area contributed by atoms with E-state index in [1.54, 1.807) is 0 Å². The van der Waals surface area contributed by atoms with E-state index in [1.165, 1.54) is 83.5 Å². The number of rotatable bonds is 54. The molecule has 6 atom stereocenters. The van der Waals surface area contributed by atoms with Gasteiger partial charge in [-0.15, -0.1) is 0 Å². The minimum absolute atomic E-state index is 0.0397. The molecule has 0 aromatic heterocycles. The van der Waals surface area contributed by atoms with Crippen molar-refractivity contribution < 1.29 is 58.2 Å². The summed E-state index contributed by atoms with van der Waals surface area (Å²) >= 11 is 0. The summed E-state index contributed by atoms with van der Waals surface area (Å²) in [4.78, 5) is 51.3. The molecular formula is C69H114O12. The van der Waals surface area contributed by atoms with Crippen LogP contribution in [0, 0.1) is 0 Å². The fourth-order valence-corrected chi connectivity index (χ4v) is 9.22. The van der Waals surface area contributed by atoms with Crippen LogP contribution >= 0.6 is 0 Å². The first-order valence-electron chi connectivity index (χ1n) is 32.2. The van der Waals surface area contributed by atoms with Crippen molar-refractivity contribution in [3.05, 3.63) is 97.2 Å². The smallest absolute Gasteiger partial charge is 0.335 e. The highest BCUT2D eigenvalue weighted by atomic mass is 16.7. The third kappa shape index (κ3) is 45.8. The lowest BCUT2D eigenvalue weighted by Gasteiger charge is -2.40. The molecule has 81 heavy (non-hydrogen) atoms. The van der Waals surface area contributed by atoms with Gasteiger partial charge in [0.15, 0.2) is 24.6 Å². The van der Waals surface area contributed by atoms with Crippen molar-refractivity contribution in [1.29, 1.82) is 0 Å². The fourth-order valence-electron chi connectivity index (χ4n) is 9.22. The van der Waals surface area contributed by atoms with Crippen LogP contribution in [0.4, 0.5) is 0 Å². The van der Waals surface area contributed by atoms with Crippen molar-refractivity contribution in [2.24, 2.45) is 0 Å². The molecule has 12 nitrogen and oxygen atoms in total. The Hall–Kier alpha value is -4.36. The zero-order valence-electron chi connectivity index (χ0n) is 51.0. The number of unbranched alkanes of at least 4 members (excludes halogenated alkanes) is 24. The quantitative estimate of drug-likeness (QED) is 0.0228. The van der Waals surface area contributed by atoms with Crippen LogP contribution in [0.25, 0.3) is 0 Å². The first-order chi connectivity index (χ1) is 39.6. The number of aliphatic carboxylic acids is 1. The van der Waals surface area contributed by atoms with E-state index < -0.39 is 67.3 Å². The Morgan fingerprint density at radius 3 is 1.22 bits per heavy atom. The van der Waals surface area contributed by atoms with Gasteiger partial charge in [0.2, 0.25) is 0 Å². The summed E-state index contributed by atoms with van der Waals surface area (Å²) in [5.41, 5.74) is 0. The summed E-state index contributed by atoms with van der Waals surface area (Å²) in [5.74, 6) is -3.17. The zero-order chi connectivity index (χ0) is 58.9. The number of ether oxygens (including phenoxy) is 5. The summed E-state index contributed by atoms with van der Waals surface area (Å²) in [6, 6.07) is 0. The van der Waals surface area contributed by atoms with Crippen LogP contribution in [0.5, 0.6) is 0 Å². The molecule has 12 heteroatoms. The molecule has 1 fully saturated rings. The number of hydrogen-bond acceptors (Lipinski definition) is 11. The van der Waals surface area contributed by atoms with Gasteiger partial charge in [0.05, 0.1) is 6.61 Å². The van der Waals surface area contributed by atoms with Gasteiger partial charge < -0.3 is 39.0 Å². The summed E-state index contributed by atoms with van der Waals surface area (Å²) in [5, 5.41) is 31.6. The molecule has 0 saturated carbocycles. The predicted molar refractivity (Wildman–Crippen MR) is 331 cm³/mol. The van der Waals surface area contributed by atoms with Gasteiger partial charge in [0.1, 0.15) is 18.8 Å². The molecule has 0 radical (unpaired) electrons. The van der Waals surface area contributed by atoms with Crippen LogP contribution < -0.4 is 0 Å². The van der Waals surface area contributed by atoms with Crippen molar-refractivity contribution in [3.63, 3.8) is 0 Å². The largest absolute Gasteiger partial charge is 0.479 e. The van der Waals surface area contributed by atoms with Gasteiger partial charge in [-0.05, 0) is 103 Å². The molecule has 0 spiro atoms. The number of carboxylic acids is 1. The standard InChI is InChI=1S/C69H114O12/c1-4-7-10-13-16-19-22-25-27-29-31-33-35-38-40-43-46-49-52-55-61(70)77-58-60(79-62(71)56-53-50-47-44-41-37-24-21-18-15-12-9-6-3)59-78-69-67(65(74)64(73)66(81-69)68(75)76)80-63(72)57-54-51-48-45-42-39-36-34-32-30-28-26-23-20-17-14-11-8-5-2/h7,10,16-17,19-20,25-28,31-34,38,40,60,64-67,69,73-74H,4-6,8-9,11-15,18,21-24,29-30,35-37,39,41-59H2,1-3H3,(H,75,76)/b10-7-,19-16-,20-17-,27-25-,28-26-,33-31-,34-32-,40-38-. The number of aliphatic hydroxyl groups is 2. The molecule has 1 saturated heterocycles. The second kappa shape index (κ2) is 56.1. The van der Waals surface area contributed by atoms with E-state index in [1.807, 2.05) is 0 Å². The highest BCUT2D eigenvalue weighted by molar-refractivity contribution is 5.74. The average Bonchev–Trinajstić information content (AvgIpc) is 3.45. The average molecular weight is 1140 g/mol. The molecule has 462 valence electrons. The molecule has 1 heterocycles. The van der Waals surface area contributed by atoms with E-state index in [9.17, 15) is 34.5 Å². The monoisotopic (exact) mass is 1130 g/mol. The molecule has 6 unspecified atom stereocenters. The maximum atomic E-state index is 13.2. The Bertz CT molecular complexity index is 1780. The molecular weight excluding hydrogens is 1020 g/mol. The maximum absolute atomic E-state index is 13.2. The van der Waals surface area contributed by atoms with E-state index in [-0.39, 0.29) is 25.9 Å². The van der Waals surface area contributed by atoms with E-state index in [4.69, 9.17) is 23.7 Å². The Kier molecular flexibility index (Phi) is 51.7. The van der Waals surface area contributed by atoms with Crippen molar-refractivity contribution in [2.75, 3.05) is 13.2 Å². The minimum Gasteiger partial charge on any atom is -0.479 e. The topological polar surface area (TPSA) is 175 Å². The first-order valence-corrected chi connectivity index (χ1v) is 32.2. The Labute approximate surface area is 492 Å². The number of allylic oxidation sites excluding steroid dienone is 16. The molecule has 3 N–H and O–H groups in total. The number of carboxylic acid groups (broad SMARTS) is 1. The van der Waals surface area contributed by atoms with Gasteiger partial charge in [0, 0.05) is 19.3 Å². The molecule has 1 rings (SSSR count). The van der Waals surface area contributed by atoms with Gasteiger partial charge in [-0.25, -0.2) is 4.79 Å². The third-order valence-corrected chi connectivity index (χ3v) is 14.1. The minimum atomic E-state index is -1.92. The van der Waals surface area contributed by atoms with Crippen molar-refractivity contribution in [1.82, 2.24) is 0 Å². The first kappa shape index (κ1) is 74.7. The second-order valence-corrected chi connectivity index (χ2v) is 21.7. The zero-order valence-corrected chi connectivity index (χ0v) is 51.0. The van der Waals surface area contributed by atoms with Crippen LogP contribution in [0.1, 0.15) is 265 Å². The third-order valence-electron chi connectivity index (χ3n) is 14.1. The lowest BCUT2D eigenvalue weighted by Crippen LogP contribution is -2.61. The number of carbonyl (C=O) groups excluding carboxylic acids is 3. The SMILES string of the molecule is CC/C=C\C/C=C\C/C=C\C/C=C\C/C=C\CCCCCC(=O)OCC(COC1OC(C(=O)O)C(O)C(O)C1OC(=O)CCCCCCCC/C=C\C/C=C\C/C=C\CCCCC)OC(=O)CCCCCCCCCCCCCCC. The molecule has 1 aliphatic rings. The Morgan fingerprint density at radius 2 is 0.778 bits per heavy atom. The molecule has 0 aromatic rings. The Morgan fingerprint density at radius 1 is 0.420 bits per heavy atom. The fraction of sp³-hybridized carbons (Fsp3) is 0.710. The van der Waals surface area contributed by atoms with Gasteiger partial charge >= 0.3 is 23.9 Å². The number of hydrogen-bond donors (Lipinski definition) is 3. The molecule has 0 aromatic carbocycles. The summed E-state index contributed by atoms with van der Waals surface area (Å²) in [6.45, 7) is 5.84. The maximum Gasteiger partial charge on any atom is 0.335 e. The number of esters is 3. The van der Waals surface area contributed by atoms with Gasteiger partial charge in [-0.3, -0.25) is 14.4 Å². The lowest BCUT2D eigenvalue weighted by molar-refractivity contribution is -0.301. The molecule has 0 bridgehead atoms.